The van der Waals surface area contributed by atoms with Gasteiger partial charge in [-0.2, -0.15) is 5.26 Å². The fraction of sp³-hybridized carbons (Fsp3) is 0. The predicted molar refractivity (Wildman–Crippen MR) is 50.9 cm³/mol. The van der Waals surface area contributed by atoms with Gasteiger partial charge in [0.05, 0.1) is 6.07 Å². The maximum atomic E-state index is 8.78. The zero-order valence-corrected chi connectivity index (χ0v) is 6.88. The Morgan fingerprint density at radius 1 is 1.23 bits per heavy atom. The summed E-state index contributed by atoms with van der Waals surface area (Å²) in [6, 6.07) is 8.49. The van der Waals surface area contributed by atoms with Crippen LogP contribution in [0.4, 0.5) is 0 Å². The Kier molecular flexibility index (Phi) is 3.27. The number of nitriles is 1. The summed E-state index contributed by atoms with van der Waals surface area (Å²) in [5, 5.41) is 25.8. The number of allylic oxidation sites excluding steroid dienone is 1. The molecular formula is C9H8BNO2. The first-order valence-electron chi connectivity index (χ1n) is 3.76. The molecule has 0 spiro atoms. The van der Waals surface area contributed by atoms with Crippen LogP contribution in [0, 0.1) is 11.3 Å². The van der Waals surface area contributed by atoms with Crippen LogP contribution in [0.25, 0.3) is 6.08 Å². The van der Waals surface area contributed by atoms with Crippen molar-refractivity contribution in [3.63, 3.8) is 0 Å². The summed E-state index contributed by atoms with van der Waals surface area (Å²) in [6.07, 6.45) is 3.01. The lowest BCUT2D eigenvalue weighted by atomic mass is 9.80. The normalized spacial score (nSPS) is 9.92. The highest BCUT2D eigenvalue weighted by Gasteiger charge is 2.08. The molecule has 0 heterocycles. The van der Waals surface area contributed by atoms with E-state index in [1.807, 2.05) is 6.07 Å². The molecule has 0 fully saturated rings. The van der Waals surface area contributed by atoms with Gasteiger partial charge in [-0.25, -0.2) is 0 Å². The van der Waals surface area contributed by atoms with E-state index in [0.717, 1.165) is 5.56 Å². The molecule has 0 radical (unpaired) electrons. The lowest BCUT2D eigenvalue weighted by molar-refractivity contribution is 0.426. The predicted octanol–water partition coefficient (Wildman–Crippen LogP) is -0.0968. The van der Waals surface area contributed by atoms with E-state index in [0.29, 0.717) is 5.46 Å². The van der Waals surface area contributed by atoms with Gasteiger partial charge in [0, 0.05) is 6.08 Å². The van der Waals surface area contributed by atoms with Gasteiger partial charge in [0.2, 0.25) is 0 Å². The highest BCUT2D eigenvalue weighted by atomic mass is 16.4. The number of benzene rings is 1. The Bertz CT molecular complexity index is 338. The van der Waals surface area contributed by atoms with Crippen LogP contribution in [0.3, 0.4) is 0 Å². The van der Waals surface area contributed by atoms with Gasteiger partial charge < -0.3 is 10.0 Å². The minimum absolute atomic E-state index is 0.439. The second-order valence-corrected chi connectivity index (χ2v) is 2.50. The molecule has 1 aromatic carbocycles. The van der Waals surface area contributed by atoms with Crippen LogP contribution >= 0.6 is 0 Å². The third-order valence-electron chi connectivity index (χ3n) is 1.58. The molecule has 0 saturated carbocycles. The van der Waals surface area contributed by atoms with Crippen LogP contribution in [0.2, 0.25) is 0 Å². The lowest BCUT2D eigenvalue weighted by Crippen LogP contribution is -2.29. The SMILES string of the molecule is N#C/C=C/c1ccc(B(O)O)cc1. The first-order valence-corrected chi connectivity index (χ1v) is 3.76. The molecule has 0 aromatic heterocycles. The molecule has 0 aliphatic heterocycles. The van der Waals surface area contributed by atoms with Crippen molar-refractivity contribution in [2.45, 2.75) is 0 Å². The summed E-state index contributed by atoms with van der Waals surface area (Å²) in [7, 11) is -1.44. The molecule has 0 atom stereocenters. The van der Waals surface area contributed by atoms with E-state index >= 15 is 0 Å². The van der Waals surface area contributed by atoms with Crippen molar-refractivity contribution in [1.82, 2.24) is 0 Å². The van der Waals surface area contributed by atoms with Crippen molar-refractivity contribution in [2.75, 3.05) is 0 Å². The highest BCUT2D eigenvalue weighted by Crippen LogP contribution is 1.99. The topological polar surface area (TPSA) is 64.2 Å². The zero-order chi connectivity index (χ0) is 9.68. The number of rotatable bonds is 2. The van der Waals surface area contributed by atoms with E-state index in [-0.39, 0.29) is 0 Å². The van der Waals surface area contributed by atoms with Crippen molar-refractivity contribution in [2.24, 2.45) is 0 Å². The summed E-state index contributed by atoms with van der Waals surface area (Å²) >= 11 is 0. The fourth-order valence-electron chi connectivity index (χ4n) is 0.913. The monoisotopic (exact) mass is 173 g/mol. The van der Waals surface area contributed by atoms with E-state index in [4.69, 9.17) is 15.3 Å². The number of hydrogen-bond acceptors (Lipinski definition) is 3. The molecule has 0 aliphatic rings. The summed E-state index contributed by atoms with van der Waals surface area (Å²) in [4.78, 5) is 0. The first kappa shape index (κ1) is 9.52. The van der Waals surface area contributed by atoms with E-state index in [1.165, 1.54) is 6.08 Å². The minimum Gasteiger partial charge on any atom is -0.423 e. The van der Waals surface area contributed by atoms with Crippen molar-refractivity contribution in [3.8, 4) is 6.07 Å². The van der Waals surface area contributed by atoms with Crippen LogP contribution in [0.1, 0.15) is 5.56 Å². The van der Waals surface area contributed by atoms with E-state index in [1.54, 1.807) is 30.3 Å². The Morgan fingerprint density at radius 3 is 2.31 bits per heavy atom. The van der Waals surface area contributed by atoms with Gasteiger partial charge in [0.15, 0.2) is 0 Å². The van der Waals surface area contributed by atoms with E-state index in [9.17, 15) is 0 Å². The zero-order valence-electron chi connectivity index (χ0n) is 6.88. The van der Waals surface area contributed by atoms with Crippen molar-refractivity contribution < 1.29 is 10.0 Å². The van der Waals surface area contributed by atoms with Gasteiger partial charge in [-0.15, -0.1) is 0 Å². The minimum atomic E-state index is -1.44. The second-order valence-electron chi connectivity index (χ2n) is 2.50. The average molecular weight is 173 g/mol. The summed E-state index contributed by atoms with van der Waals surface area (Å²) in [6.45, 7) is 0. The van der Waals surface area contributed by atoms with Gasteiger partial charge in [-0.3, -0.25) is 0 Å². The Labute approximate surface area is 76.7 Å². The average Bonchev–Trinajstić information content (AvgIpc) is 2.15. The third kappa shape index (κ3) is 2.75. The van der Waals surface area contributed by atoms with Gasteiger partial charge in [-0.1, -0.05) is 24.3 Å². The lowest BCUT2D eigenvalue weighted by Gasteiger charge is -1.98. The van der Waals surface area contributed by atoms with Crippen molar-refractivity contribution in [3.05, 3.63) is 35.9 Å². The van der Waals surface area contributed by atoms with Gasteiger partial charge >= 0.3 is 7.12 Å². The molecule has 2 N–H and O–H groups in total. The smallest absolute Gasteiger partial charge is 0.423 e. The molecule has 0 amide bonds. The van der Waals surface area contributed by atoms with Crippen LogP contribution in [-0.2, 0) is 0 Å². The molecule has 3 nitrogen and oxygen atoms in total. The Hall–Kier alpha value is -1.57. The summed E-state index contributed by atoms with van der Waals surface area (Å²) in [5.41, 5.74) is 1.29. The van der Waals surface area contributed by atoms with Crippen molar-refractivity contribution in [1.29, 1.82) is 5.26 Å². The number of hydrogen-bond donors (Lipinski definition) is 2. The second kappa shape index (κ2) is 4.46. The molecule has 64 valence electrons. The maximum Gasteiger partial charge on any atom is 0.488 e. The van der Waals surface area contributed by atoms with Crippen LogP contribution < -0.4 is 5.46 Å². The van der Waals surface area contributed by atoms with Crippen LogP contribution in [-0.4, -0.2) is 17.2 Å². The first-order chi connectivity index (χ1) is 6.24. The van der Waals surface area contributed by atoms with Crippen LogP contribution in [0.5, 0.6) is 0 Å². The van der Waals surface area contributed by atoms with Gasteiger partial charge in [-0.05, 0) is 17.1 Å². The highest BCUT2D eigenvalue weighted by molar-refractivity contribution is 6.58. The summed E-state index contributed by atoms with van der Waals surface area (Å²) in [5.74, 6) is 0. The van der Waals surface area contributed by atoms with E-state index < -0.39 is 7.12 Å². The molecule has 13 heavy (non-hydrogen) atoms. The van der Waals surface area contributed by atoms with Gasteiger partial charge in [0.25, 0.3) is 0 Å². The quantitative estimate of drug-likeness (QED) is 0.484. The Balaban J connectivity index is 2.83. The molecule has 1 rings (SSSR count). The number of nitrogens with zero attached hydrogens (tertiary/aromatic N) is 1. The van der Waals surface area contributed by atoms with E-state index in [2.05, 4.69) is 0 Å². The molecule has 4 heteroatoms. The molecule has 0 aliphatic carbocycles. The largest absolute Gasteiger partial charge is 0.488 e. The molecule has 0 unspecified atom stereocenters. The maximum absolute atomic E-state index is 8.78. The molecule has 0 bridgehead atoms. The Morgan fingerprint density at radius 2 is 1.85 bits per heavy atom. The van der Waals surface area contributed by atoms with Crippen LogP contribution in [0.15, 0.2) is 30.3 Å². The van der Waals surface area contributed by atoms with Gasteiger partial charge in [0.1, 0.15) is 0 Å². The van der Waals surface area contributed by atoms with Crippen molar-refractivity contribution >= 4 is 18.7 Å². The molecule has 0 saturated heterocycles. The fourth-order valence-corrected chi connectivity index (χ4v) is 0.913. The molecular weight excluding hydrogens is 165 g/mol. The third-order valence-corrected chi connectivity index (χ3v) is 1.58. The standard InChI is InChI=1S/C9H8BNO2/c11-7-1-2-8-3-5-9(6-4-8)10(12)13/h1-6,12-13H/b2-1+. The summed E-state index contributed by atoms with van der Waals surface area (Å²) < 4.78 is 0. The molecule has 1 aromatic rings.